The number of ketones is 1. The lowest BCUT2D eigenvalue weighted by Crippen LogP contribution is -2.44. The second-order valence-electron chi connectivity index (χ2n) is 7.76. The molecule has 146 valence electrons. The maximum Gasteiger partial charge on any atom is 0.325 e. The zero-order valence-corrected chi connectivity index (χ0v) is 15.9. The minimum Gasteiger partial charge on any atom is -0.360 e. The fourth-order valence-electron chi connectivity index (χ4n) is 4.65. The number of amides is 3. The van der Waals surface area contributed by atoms with Crippen molar-refractivity contribution in [2.24, 2.45) is 0 Å². The summed E-state index contributed by atoms with van der Waals surface area (Å²) in [5.74, 6) is -0.588. The van der Waals surface area contributed by atoms with Crippen molar-refractivity contribution in [1.29, 1.82) is 0 Å². The van der Waals surface area contributed by atoms with Crippen molar-refractivity contribution in [1.82, 2.24) is 15.2 Å². The molecule has 6 nitrogen and oxygen atoms in total. The highest BCUT2D eigenvalue weighted by atomic mass is 16.2. The predicted molar refractivity (Wildman–Crippen MR) is 109 cm³/mol. The molecule has 5 rings (SSSR count). The van der Waals surface area contributed by atoms with Gasteiger partial charge in [0, 0.05) is 22.7 Å². The maximum absolute atomic E-state index is 13.5. The van der Waals surface area contributed by atoms with Crippen molar-refractivity contribution in [2.75, 3.05) is 6.54 Å². The lowest BCUT2D eigenvalue weighted by Gasteiger charge is -2.27. The van der Waals surface area contributed by atoms with Crippen LogP contribution in [0.3, 0.4) is 0 Å². The Hall–Kier alpha value is -3.41. The smallest absolute Gasteiger partial charge is 0.325 e. The number of Topliss-reactive ketones (excluding diaryl/α,β-unsaturated/α-hetero) is 1. The Bertz CT molecular complexity index is 1150. The van der Waals surface area contributed by atoms with Gasteiger partial charge in [0.25, 0.3) is 5.91 Å². The Balaban J connectivity index is 1.48. The molecule has 0 saturated carbocycles. The van der Waals surface area contributed by atoms with E-state index in [2.05, 4.69) is 10.3 Å². The molecule has 1 saturated heterocycles. The SMILES string of the molecule is O=C(CN1C(=O)N[C@]2(CCCCc3ccccc32)C1=O)c1c[nH]c2ccccc12. The Morgan fingerprint density at radius 1 is 1.03 bits per heavy atom. The zero-order valence-electron chi connectivity index (χ0n) is 15.9. The Kier molecular flexibility index (Phi) is 4.01. The van der Waals surface area contributed by atoms with Crippen molar-refractivity contribution >= 4 is 28.6 Å². The molecule has 1 aliphatic carbocycles. The van der Waals surface area contributed by atoms with Gasteiger partial charge in [-0.3, -0.25) is 14.5 Å². The molecule has 2 aromatic carbocycles. The molecular weight excluding hydrogens is 366 g/mol. The first kappa shape index (κ1) is 17.7. The minimum atomic E-state index is -1.06. The monoisotopic (exact) mass is 387 g/mol. The number of aryl methyl sites for hydroxylation is 1. The van der Waals surface area contributed by atoms with E-state index in [-0.39, 0.29) is 18.2 Å². The maximum atomic E-state index is 13.5. The molecule has 3 amide bonds. The number of aromatic nitrogens is 1. The van der Waals surface area contributed by atoms with Gasteiger partial charge < -0.3 is 10.3 Å². The number of aromatic amines is 1. The fourth-order valence-corrected chi connectivity index (χ4v) is 4.65. The van der Waals surface area contributed by atoms with E-state index in [1.54, 1.807) is 6.20 Å². The minimum absolute atomic E-state index is 0.259. The van der Waals surface area contributed by atoms with Crippen LogP contribution >= 0.6 is 0 Å². The van der Waals surface area contributed by atoms with Gasteiger partial charge in [-0.25, -0.2) is 4.79 Å². The van der Waals surface area contributed by atoms with E-state index < -0.39 is 11.6 Å². The summed E-state index contributed by atoms with van der Waals surface area (Å²) < 4.78 is 0. The van der Waals surface area contributed by atoms with E-state index in [4.69, 9.17) is 0 Å². The molecule has 0 bridgehead atoms. The van der Waals surface area contributed by atoms with E-state index >= 15 is 0 Å². The van der Waals surface area contributed by atoms with Gasteiger partial charge in [-0.05, 0) is 42.9 Å². The number of hydrogen-bond acceptors (Lipinski definition) is 3. The summed E-state index contributed by atoms with van der Waals surface area (Å²) >= 11 is 0. The van der Waals surface area contributed by atoms with Crippen LogP contribution in [0.15, 0.2) is 54.7 Å². The van der Waals surface area contributed by atoms with Crippen LogP contribution in [-0.4, -0.2) is 34.2 Å². The first-order valence-corrected chi connectivity index (χ1v) is 9.92. The van der Waals surface area contributed by atoms with E-state index in [9.17, 15) is 14.4 Å². The quantitative estimate of drug-likeness (QED) is 0.533. The van der Waals surface area contributed by atoms with Gasteiger partial charge in [-0.15, -0.1) is 0 Å². The van der Waals surface area contributed by atoms with E-state index in [1.165, 1.54) is 0 Å². The predicted octanol–water partition coefficient (Wildman–Crippen LogP) is 3.52. The molecule has 1 atom stereocenters. The Morgan fingerprint density at radius 2 is 1.83 bits per heavy atom. The molecule has 3 aromatic rings. The van der Waals surface area contributed by atoms with Gasteiger partial charge >= 0.3 is 6.03 Å². The van der Waals surface area contributed by atoms with Crippen LogP contribution < -0.4 is 5.32 Å². The summed E-state index contributed by atoms with van der Waals surface area (Å²) in [6, 6.07) is 14.8. The number of imide groups is 1. The standard InChI is InChI=1S/C23H21N3O3/c27-20(17-13-24-19-11-4-2-9-16(17)19)14-26-21(28)23(25-22(26)29)12-6-5-8-15-7-1-3-10-18(15)23/h1-4,7,9-11,13,24H,5-6,8,12,14H2,(H,25,29)/t23-/m0/s1. The van der Waals surface area contributed by atoms with Crippen LogP contribution in [0.1, 0.15) is 40.7 Å². The Morgan fingerprint density at radius 3 is 2.72 bits per heavy atom. The highest BCUT2D eigenvalue weighted by Crippen LogP contribution is 2.39. The Labute approximate surface area is 167 Å². The summed E-state index contributed by atoms with van der Waals surface area (Å²) in [5.41, 5.74) is 2.22. The molecule has 1 aromatic heterocycles. The second kappa shape index (κ2) is 6.58. The number of carbonyl (C=O) groups excluding carboxylic acids is 3. The lowest BCUT2D eigenvalue weighted by molar-refractivity contribution is -0.131. The van der Waals surface area contributed by atoms with Crippen molar-refractivity contribution in [3.05, 3.63) is 71.4 Å². The van der Waals surface area contributed by atoms with E-state index in [0.29, 0.717) is 12.0 Å². The number of carbonyl (C=O) groups is 3. The van der Waals surface area contributed by atoms with Crippen molar-refractivity contribution in [2.45, 2.75) is 31.2 Å². The van der Waals surface area contributed by atoms with Gasteiger partial charge in [0.05, 0.1) is 6.54 Å². The number of fused-ring (bicyclic) bond motifs is 3. The largest absolute Gasteiger partial charge is 0.360 e. The number of benzene rings is 2. The summed E-state index contributed by atoms with van der Waals surface area (Å²) in [6.45, 7) is -0.267. The molecule has 6 heteroatoms. The van der Waals surface area contributed by atoms with Crippen molar-refractivity contribution in [3.8, 4) is 0 Å². The molecule has 0 radical (unpaired) electrons. The average molecular weight is 387 g/mol. The van der Waals surface area contributed by atoms with Crippen LogP contribution in [0.4, 0.5) is 4.79 Å². The average Bonchev–Trinajstić information content (AvgIpc) is 3.20. The third kappa shape index (κ3) is 2.67. The third-order valence-electron chi connectivity index (χ3n) is 6.09. The van der Waals surface area contributed by atoms with E-state index in [1.807, 2.05) is 48.5 Å². The highest BCUT2D eigenvalue weighted by Gasteiger charge is 2.53. The normalized spacial score (nSPS) is 21.3. The molecule has 0 unspecified atom stereocenters. The number of hydrogen-bond donors (Lipinski definition) is 2. The van der Waals surface area contributed by atoms with Crippen LogP contribution in [0.25, 0.3) is 10.9 Å². The number of rotatable bonds is 3. The van der Waals surface area contributed by atoms with Gasteiger partial charge in [0.1, 0.15) is 5.54 Å². The van der Waals surface area contributed by atoms with Gasteiger partial charge in [0.15, 0.2) is 5.78 Å². The molecular formula is C23H21N3O3. The first-order valence-electron chi connectivity index (χ1n) is 9.92. The molecule has 1 spiro atoms. The van der Waals surface area contributed by atoms with Crippen LogP contribution in [-0.2, 0) is 16.8 Å². The van der Waals surface area contributed by atoms with Gasteiger partial charge in [-0.1, -0.05) is 42.5 Å². The summed E-state index contributed by atoms with van der Waals surface area (Å²) in [7, 11) is 0. The molecule has 29 heavy (non-hydrogen) atoms. The number of nitrogens with one attached hydrogen (secondary N) is 2. The zero-order chi connectivity index (χ0) is 20.0. The molecule has 2 N–H and O–H groups in total. The number of H-pyrrole nitrogens is 1. The summed E-state index contributed by atoms with van der Waals surface area (Å²) in [6.07, 6.45) is 4.88. The molecule has 1 aliphatic heterocycles. The van der Waals surface area contributed by atoms with Crippen molar-refractivity contribution in [3.63, 3.8) is 0 Å². The third-order valence-corrected chi connectivity index (χ3v) is 6.09. The summed E-state index contributed by atoms with van der Waals surface area (Å²) in [5, 5.41) is 3.72. The number of para-hydroxylation sites is 1. The lowest BCUT2D eigenvalue weighted by atomic mass is 9.84. The summed E-state index contributed by atoms with van der Waals surface area (Å²) in [4.78, 5) is 43.3. The first-order chi connectivity index (χ1) is 14.1. The van der Waals surface area contributed by atoms with Crippen LogP contribution in [0.5, 0.6) is 0 Å². The van der Waals surface area contributed by atoms with Crippen molar-refractivity contribution < 1.29 is 14.4 Å². The van der Waals surface area contributed by atoms with E-state index in [0.717, 1.165) is 46.2 Å². The molecule has 1 fully saturated rings. The highest BCUT2D eigenvalue weighted by molar-refractivity contribution is 6.14. The molecule has 2 aliphatic rings. The fraction of sp³-hybridized carbons (Fsp3) is 0.261. The number of urea groups is 1. The second-order valence-corrected chi connectivity index (χ2v) is 7.76. The van der Waals surface area contributed by atoms with Gasteiger partial charge in [-0.2, -0.15) is 0 Å². The topological polar surface area (TPSA) is 82.3 Å². The van der Waals surface area contributed by atoms with Gasteiger partial charge in [0.2, 0.25) is 0 Å². The van der Waals surface area contributed by atoms with Crippen LogP contribution in [0.2, 0.25) is 0 Å². The number of nitrogens with zero attached hydrogens (tertiary/aromatic N) is 1. The molecule has 2 heterocycles. The van der Waals surface area contributed by atoms with Crippen LogP contribution in [0, 0.1) is 0 Å².